The highest BCUT2D eigenvalue weighted by atomic mass is 19.1. The molecule has 0 fully saturated rings. The summed E-state index contributed by atoms with van der Waals surface area (Å²) in [7, 11) is 2.80. The molecule has 0 spiro atoms. The maximum atomic E-state index is 13.8. The number of benzene rings is 1. The number of nitrogens with one attached hydrogen (secondary N) is 1. The van der Waals surface area contributed by atoms with Gasteiger partial charge < -0.3 is 9.47 Å². The molecule has 5 heteroatoms. The summed E-state index contributed by atoms with van der Waals surface area (Å²) < 4.78 is 23.5. The van der Waals surface area contributed by atoms with Crippen LogP contribution in [0.5, 0.6) is 5.75 Å². The molecule has 0 aliphatic rings. The summed E-state index contributed by atoms with van der Waals surface area (Å²) in [5, 5.41) is 2.97. The summed E-state index contributed by atoms with van der Waals surface area (Å²) in [5.74, 6) is -0.310. The van der Waals surface area contributed by atoms with E-state index >= 15 is 0 Å². The Morgan fingerprint density at radius 3 is 2.56 bits per heavy atom. The first-order valence-electron chi connectivity index (χ1n) is 5.67. The fraction of sp³-hybridized carbons (Fsp3) is 0.462. The van der Waals surface area contributed by atoms with E-state index in [1.54, 1.807) is 26.0 Å². The van der Waals surface area contributed by atoms with E-state index in [1.807, 2.05) is 0 Å². The van der Waals surface area contributed by atoms with Crippen molar-refractivity contribution in [3.05, 3.63) is 29.6 Å². The van der Waals surface area contributed by atoms with Crippen molar-refractivity contribution >= 4 is 5.97 Å². The van der Waals surface area contributed by atoms with E-state index in [0.717, 1.165) is 0 Å². The Bertz CT molecular complexity index is 423. The van der Waals surface area contributed by atoms with Crippen LogP contribution in [0.2, 0.25) is 0 Å². The van der Waals surface area contributed by atoms with E-state index in [2.05, 4.69) is 10.1 Å². The molecule has 1 rings (SSSR count). The smallest absolute Gasteiger partial charge is 0.322 e. The van der Waals surface area contributed by atoms with Gasteiger partial charge in [0.2, 0.25) is 0 Å². The van der Waals surface area contributed by atoms with Gasteiger partial charge in [0.05, 0.1) is 14.2 Å². The summed E-state index contributed by atoms with van der Waals surface area (Å²) in [4.78, 5) is 11.3. The summed E-state index contributed by atoms with van der Waals surface area (Å²) in [6, 6.07) is 3.73. The van der Waals surface area contributed by atoms with Gasteiger partial charge in [-0.1, -0.05) is 6.07 Å². The van der Waals surface area contributed by atoms with Gasteiger partial charge in [-0.2, -0.15) is 0 Å². The lowest BCUT2D eigenvalue weighted by Gasteiger charge is -2.21. The lowest BCUT2D eigenvalue weighted by atomic mass is 10.1. The number of halogens is 1. The molecule has 2 atom stereocenters. The molecule has 1 unspecified atom stereocenters. The Balaban J connectivity index is 2.90. The standard InChI is InChI=1S/C13H18FNO3/c1-8(15-9(2)13(16)18-4)12-10(14)6-5-7-11(12)17-3/h5-9,15H,1-4H3/t8?,9-/m0/s1. The van der Waals surface area contributed by atoms with Crippen LogP contribution in [0.15, 0.2) is 18.2 Å². The van der Waals surface area contributed by atoms with E-state index in [4.69, 9.17) is 4.74 Å². The van der Waals surface area contributed by atoms with E-state index < -0.39 is 12.0 Å². The second-order valence-electron chi connectivity index (χ2n) is 3.99. The lowest BCUT2D eigenvalue weighted by Crippen LogP contribution is -2.36. The molecule has 1 aromatic rings. The number of methoxy groups -OCH3 is 2. The first kappa shape index (κ1) is 14.4. The number of esters is 1. The van der Waals surface area contributed by atoms with Crippen LogP contribution >= 0.6 is 0 Å². The van der Waals surface area contributed by atoms with Crippen molar-refractivity contribution in [2.45, 2.75) is 25.9 Å². The van der Waals surface area contributed by atoms with Crippen LogP contribution in [0.4, 0.5) is 4.39 Å². The zero-order chi connectivity index (χ0) is 13.7. The van der Waals surface area contributed by atoms with Gasteiger partial charge >= 0.3 is 5.97 Å². The molecule has 4 nitrogen and oxygen atoms in total. The summed E-state index contributed by atoms with van der Waals surface area (Å²) in [6.45, 7) is 3.43. The lowest BCUT2D eigenvalue weighted by molar-refractivity contribution is -0.142. The van der Waals surface area contributed by atoms with Crippen molar-refractivity contribution in [3.8, 4) is 5.75 Å². The molecule has 0 saturated carbocycles. The quantitative estimate of drug-likeness (QED) is 0.818. The second-order valence-corrected chi connectivity index (χ2v) is 3.99. The summed E-state index contributed by atoms with van der Waals surface area (Å²) >= 11 is 0. The molecular weight excluding hydrogens is 237 g/mol. The Kier molecular flexibility index (Phi) is 5.09. The minimum absolute atomic E-state index is 0.366. The van der Waals surface area contributed by atoms with Crippen LogP contribution in [-0.2, 0) is 9.53 Å². The Labute approximate surface area is 106 Å². The number of rotatable bonds is 5. The van der Waals surface area contributed by atoms with Crippen LogP contribution in [0.25, 0.3) is 0 Å². The van der Waals surface area contributed by atoms with Crippen molar-refractivity contribution in [2.24, 2.45) is 0 Å². The third-order valence-corrected chi connectivity index (χ3v) is 2.72. The first-order valence-corrected chi connectivity index (χ1v) is 5.67. The van der Waals surface area contributed by atoms with Gasteiger partial charge in [-0.3, -0.25) is 10.1 Å². The molecular formula is C13H18FNO3. The minimum Gasteiger partial charge on any atom is -0.496 e. The third kappa shape index (κ3) is 3.20. The van der Waals surface area contributed by atoms with Crippen molar-refractivity contribution in [1.82, 2.24) is 5.32 Å². The molecule has 18 heavy (non-hydrogen) atoms. The molecule has 0 saturated heterocycles. The predicted molar refractivity (Wildman–Crippen MR) is 66.0 cm³/mol. The molecule has 0 bridgehead atoms. The van der Waals surface area contributed by atoms with Gasteiger partial charge in [0, 0.05) is 11.6 Å². The van der Waals surface area contributed by atoms with Gasteiger partial charge in [-0.15, -0.1) is 0 Å². The molecule has 0 aliphatic carbocycles. The molecule has 0 amide bonds. The molecule has 0 radical (unpaired) electrons. The fourth-order valence-electron chi connectivity index (χ4n) is 1.82. The molecule has 1 aromatic carbocycles. The van der Waals surface area contributed by atoms with Crippen molar-refractivity contribution in [1.29, 1.82) is 0 Å². The average molecular weight is 255 g/mol. The summed E-state index contributed by atoms with van der Waals surface area (Å²) in [6.07, 6.45) is 0. The van der Waals surface area contributed by atoms with Gasteiger partial charge in [0.15, 0.2) is 0 Å². The fourth-order valence-corrected chi connectivity index (χ4v) is 1.82. The van der Waals surface area contributed by atoms with Gasteiger partial charge in [0.25, 0.3) is 0 Å². The highest BCUT2D eigenvalue weighted by molar-refractivity contribution is 5.75. The largest absolute Gasteiger partial charge is 0.496 e. The molecule has 1 N–H and O–H groups in total. The second kappa shape index (κ2) is 6.35. The van der Waals surface area contributed by atoms with Gasteiger partial charge in [-0.05, 0) is 26.0 Å². The van der Waals surface area contributed by atoms with E-state index in [-0.39, 0.29) is 11.9 Å². The first-order chi connectivity index (χ1) is 8.51. The zero-order valence-corrected chi connectivity index (χ0v) is 11.0. The normalized spacial score (nSPS) is 13.8. The third-order valence-electron chi connectivity index (χ3n) is 2.72. The van der Waals surface area contributed by atoms with Gasteiger partial charge in [0.1, 0.15) is 17.6 Å². The Morgan fingerprint density at radius 1 is 1.33 bits per heavy atom. The maximum absolute atomic E-state index is 13.8. The number of carbonyl (C=O) groups excluding carboxylic acids is 1. The van der Waals surface area contributed by atoms with Crippen LogP contribution in [0.3, 0.4) is 0 Å². The molecule has 100 valence electrons. The zero-order valence-electron chi connectivity index (χ0n) is 11.0. The van der Waals surface area contributed by atoms with Crippen LogP contribution in [0, 0.1) is 5.82 Å². The van der Waals surface area contributed by atoms with Crippen LogP contribution < -0.4 is 10.1 Å². The molecule has 0 aromatic heterocycles. The van der Waals surface area contributed by atoms with Crippen molar-refractivity contribution in [3.63, 3.8) is 0 Å². The average Bonchev–Trinajstić information content (AvgIpc) is 2.36. The molecule has 0 aliphatic heterocycles. The summed E-state index contributed by atoms with van der Waals surface area (Å²) in [5.41, 5.74) is 0.399. The highest BCUT2D eigenvalue weighted by Gasteiger charge is 2.21. The highest BCUT2D eigenvalue weighted by Crippen LogP contribution is 2.27. The SMILES string of the molecule is COC(=O)[C@H](C)NC(C)c1c(F)cccc1OC. The maximum Gasteiger partial charge on any atom is 0.322 e. The number of carbonyl (C=O) groups is 1. The Hall–Kier alpha value is -1.62. The van der Waals surface area contributed by atoms with E-state index in [0.29, 0.717) is 11.3 Å². The van der Waals surface area contributed by atoms with E-state index in [9.17, 15) is 9.18 Å². The van der Waals surface area contributed by atoms with Crippen molar-refractivity contribution < 1.29 is 18.7 Å². The van der Waals surface area contributed by atoms with Crippen molar-refractivity contribution in [2.75, 3.05) is 14.2 Å². The Morgan fingerprint density at radius 2 is 2.00 bits per heavy atom. The topological polar surface area (TPSA) is 47.6 Å². The monoisotopic (exact) mass is 255 g/mol. The van der Waals surface area contributed by atoms with Crippen LogP contribution in [0.1, 0.15) is 25.5 Å². The van der Waals surface area contributed by atoms with Gasteiger partial charge in [-0.25, -0.2) is 4.39 Å². The van der Waals surface area contributed by atoms with Crippen LogP contribution in [-0.4, -0.2) is 26.2 Å². The molecule has 0 heterocycles. The predicted octanol–water partition coefficient (Wildman–Crippen LogP) is 2.05. The minimum atomic E-state index is -0.519. The number of hydrogen-bond donors (Lipinski definition) is 1. The van der Waals surface area contributed by atoms with E-state index in [1.165, 1.54) is 20.3 Å². The number of ether oxygens (including phenoxy) is 2. The number of hydrogen-bond acceptors (Lipinski definition) is 4.